The van der Waals surface area contributed by atoms with Gasteiger partial charge in [0.2, 0.25) is 0 Å². The summed E-state index contributed by atoms with van der Waals surface area (Å²) < 4.78 is 25.1. The maximum Gasteiger partial charge on any atom is 0.191 e. The summed E-state index contributed by atoms with van der Waals surface area (Å²) in [6, 6.07) is 4.77. The molecule has 0 amide bonds. The fourth-order valence-corrected chi connectivity index (χ4v) is 3.37. The summed E-state index contributed by atoms with van der Waals surface area (Å²) in [5.41, 5.74) is 1.94. The number of hydrogen-bond acceptors (Lipinski definition) is 2. The van der Waals surface area contributed by atoms with Crippen molar-refractivity contribution < 1.29 is 8.60 Å². The lowest BCUT2D eigenvalue weighted by Crippen LogP contribution is -2.41. The van der Waals surface area contributed by atoms with Crippen molar-refractivity contribution in [1.82, 2.24) is 15.6 Å². The molecule has 1 aromatic carbocycles. The van der Waals surface area contributed by atoms with Gasteiger partial charge in [0.25, 0.3) is 0 Å². The molecule has 5 nitrogen and oxygen atoms in total. The number of guanidine groups is 1. The van der Waals surface area contributed by atoms with Gasteiger partial charge in [-0.2, -0.15) is 0 Å². The second-order valence-corrected chi connectivity index (χ2v) is 9.17. The van der Waals surface area contributed by atoms with Crippen LogP contribution in [0.15, 0.2) is 29.4 Å². The van der Waals surface area contributed by atoms with Crippen LogP contribution in [0, 0.1) is 5.82 Å². The number of nitrogens with one attached hydrogen (secondary N) is 3. The standard InChI is InChI=1S/C18H27FN4OS.HI/c1-18(2,3)25(24)10-9-22-17(20-4)21-8-7-13-12-23-16-11-14(19)5-6-15(13)16;/h5-6,11-12,23H,7-10H2,1-4H3,(H2,20,21,22);1H. The van der Waals surface area contributed by atoms with Gasteiger partial charge in [-0.25, -0.2) is 4.39 Å². The number of aromatic nitrogens is 1. The van der Waals surface area contributed by atoms with Gasteiger partial charge in [0.1, 0.15) is 5.82 Å². The van der Waals surface area contributed by atoms with Crippen molar-refractivity contribution in [3.63, 3.8) is 0 Å². The number of hydrogen-bond donors (Lipinski definition) is 3. The Morgan fingerprint density at radius 1 is 1.27 bits per heavy atom. The zero-order valence-corrected chi connectivity index (χ0v) is 18.8. The molecule has 146 valence electrons. The zero-order valence-electron chi connectivity index (χ0n) is 15.7. The predicted molar refractivity (Wildman–Crippen MR) is 120 cm³/mol. The molecule has 2 aromatic rings. The van der Waals surface area contributed by atoms with Crippen molar-refractivity contribution in [3.05, 3.63) is 35.8 Å². The maximum atomic E-state index is 13.2. The molecule has 0 aliphatic heterocycles. The molecule has 1 heterocycles. The molecule has 1 unspecified atom stereocenters. The topological polar surface area (TPSA) is 69.3 Å². The van der Waals surface area contributed by atoms with E-state index < -0.39 is 10.8 Å². The van der Waals surface area contributed by atoms with E-state index in [0.29, 0.717) is 24.8 Å². The molecule has 0 fully saturated rings. The van der Waals surface area contributed by atoms with Gasteiger partial charge >= 0.3 is 0 Å². The molecule has 1 atom stereocenters. The van der Waals surface area contributed by atoms with Gasteiger partial charge in [0.15, 0.2) is 5.96 Å². The Bertz CT molecular complexity index is 770. The number of H-pyrrole nitrogens is 1. The molecular weight excluding hydrogens is 466 g/mol. The monoisotopic (exact) mass is 494 g/mol. The van der Waals surface area contributed by atoms with Crippen LogP contribution in [-0.2, 0) is 17.2 Å². The number of halogens is 2. The highest BCUT2D eigenvalue weighted by atomic mass is 127. The number of rotatable bonds is 6. The summed E-state index contributed by atoms with van der Waals surface area (Å²) in [6.45, 7) is 7.23. The van der Waals surface area contributed by atoms with E-state index in [1.54, 1.807) is 13.1 Å². The van der Waals surface area contributed by atoms with Crippen molar-refractivity contribution in [1.29, 1.82) is 0 Å². The van der Waals surface area contributed by atoms with Crippen LogP contribution in [0.1, 0.15) is 26.3 Å². The second-order valence-electron chi connectivity index (χ2n) is 6.84. The lowest BCUT2D eigenvalue weighted by molar-refractivity contribution is 0.629. The molecule has 0 aliphatic rings. The summed E-state index contributed by atoms with van der Waals surface area (Å²) in [6.07, 6.45) is 2.70. The SMILES string of the molecule is CN=C(NCCc1c[nH]c2cc(F)ccc12)NCCS(=O)C(C)(C)C.I. The number of benzene rings is 1. The molecule has 0 aliphatic carbocycles. The normalized spacial score (nSPS) is 13.3. The first-order valence-corrected chi connectivity index (χ1v) is 9.71. The maximum absolute atomic E-state index is 13.2. The van der Waals surface area contributed by atoms with Crippen LogP contribution in [0.25, 0.3) is 10.9 Å². The van der Waals surface area contributed by atoms with Crippen molar-refractivity contribution in [3.8, 4) is 0 Å². The van der Waals surface area contributed by atoms with Crippen LogP contribution < -0.4 is 10.6 Å². The number of aromatic amines is 1. The fraction of sp³-hybridized carbons (Fsp3) is 0.500. The smallest absolute Gasteiger partial charge is 0.191 e. The Labute approximate surface area is 174 Å². The molecule has 0 saturated carbocycles. The second kappa shape index (κ2) is 10.2. The molecule has 3 N–H and O–H groups in total. The molecule has 8 heteroatoms. The molecule has 2 rings (SSSR count). The largest absolute Gasteiger partial charge is 0.361 e. The molecule has 0 radical (unpaired) electrons. The van der Waals surface area contributed by atoms with Crippen LogP contribution in [0.2, 0.25) is 0 Å². The Kier molecular flexibility index (Phi) is 9.02. The van der Waals surface area contributed by atoms with Crippen molar-refractivity contribution >= 4 is 51.6 Å². The molecule has 1 aromatic heterocycles. The highest BCUT2D eigenvalue weighted by Gasteiger charge is 2.18. The third kappa shape index (κ3) is 6.53. The predicted octanol–water partition coefficient (Wildman–Crippen LogP) is 3.18. The van der Waals surface area contributed by atoms with Gasteiger partial charge in [0.05, 0.1) is 0 Å². The Morgan fingerprint density at radius 2 is 1.96 bits per heavy atom. The van der Waals surface area contributed by atoms with E-state index in [9.17, 15) is 8.60 Å². The average Bonchev–Trinajstić information content (AvgIpc) is 2.94. The molecule has 0 bridgehead atoms. The average molecular weight is 494 g/mol. The van der Waals surface area contributed by atoms with Gasteiger partial charge in [0, 0.05) is 58.5 Å². The first kappa shape index (κ1) is 22.9. The van der Waals surface area contributed by atoms with Gasteiger partial charge < -0.3 is 15.6 Å². The van der Waals surface area contributed by atoms with Gasteiger partial charge in [-0.3, -0.25) is 9.20 Å². The molecular formula is C18H28FIN4OS. The molecule has 0 spiro atoms. The van der Waals surface area contributed by atoms with E-state index in [1.807, 2.05) is 27.0 Å². The highest BCUT2D eigenvalue weighted by Crippen LogP contribution is 2.19. The lowest BCUT2D eigenvalue weighted by Gasteiger charge is -2.18. The summed E-state index contributed by atoms with van der Waals surface area (Å²) in [5, 5.41) is 7.47. The molecule has 0 saturated heterocycles. The first-order chi connectivity index (χ1) is 11.8. The van der Waals surface area contributed by atoms with Crippen LogP contribution in [0.4, 0.5) is 4.39 Å². The summed E-state index contributed by atoms with van der Waals surface area (Å²) in [7, 11) is 0.829. The van der Waals surface area contributed by atoms with Gasteiger partial charge in [-0.1, -0.05) is 0 Å². The Balaban J connectivity index is 0.00000338. The van der Waals surface area contributed by atoms with E-state index >= 15 is 0 Å². The van der Waals surface area contributed by atoms with Crippen molar-refractivity contribution in [2.24, 2.45) is 4.99 Å². The minimum Gasteiger partial charge on any atom is -0.361 e. The van der Waals surface area contributed by atoms with Crippen LogP contribution >= 0.6 is 24.0 Å². The number of aliphatic imine (C=N–C) groups is 1. The summed E-state index contributed by atoms with van der Waals surface area (Å²) in [5.74, 6) is 1.03. The quantitative estimate of drug-likeness (QED) is 0.328. The Morgan fingerprint density at radius 3 is 2.62 bits per heavy atom. The Hall–Kier alpha value is -1.16. The van der Waals surface area contributed by atoms with Gasteiger partial charge in [-0.05, 0) is 51.0 Å². The lowest BCUT2D eigenvalue weighted by atomic mass is 10.1. The third-order valence-corrected chi connectivity index (χ3v) is 5.84. The van der Waals surface area contributed by atoms with E-state index in [4.69, 9.17) is 0 Å². The summed E-state index contributed by atoms with van der Waals surface area (Å²) >= 11 is 0. The minimum atomic E-state index is -0.884. The van der Waals surface area contributed by atoms with Crippen molar-refractivity contribution in [2.75, 3.05) is 25.9 Å². The third-order valence-electron chi connectivity index (χ3n) is 3.90. The van der Waals surface area contributed by atoms with E-state index in [1.165, 1.54) is 12.1 Å². The number of nitrogens with zero attached hydrogens (tertiary/aromatic N) is 1. The number of fused-ring (bicyclic) bond motifs is 1. The first-order valence-electron chi connectivity index (χ1n) is 8.40. The van der Waals surface area contributed by atoms with Crippen LogP contribution in [-0.4, -0.2) is 45.8 Å². The summed E-state index contributed by atoms with van der Waals surface area (Å²) in [4.78, 5) is 7.27. The van der Waals surface area contributed by atoms with E-state index in [2.05, 4.69) is 20.6 Å². The van der Waals surface area contributed by atoms with Crippen LogP contribution in [0.5, 0.6) is 0 Å². The molecule has 26 heavy (non-hydrogen) atoms. The van der Waals surface area contributed by atoms with E-state index in [0.717, 1.165) is 22.9 Å². The minimum absolute atomic E-state index is 0. The van der Waals surface area contributed by atoms with Gasteiger partial charge in [-0.15, -0.1) is 24.0 Å². The fourth-order valence-electron chi connectivity index (χ4n) is 2.47. The van der Waals surface area contributed by atoms with Crippen molar-refractivity contribution in [2.45, 2.75) is 31.9 Å². The van der Waals surface area contributed by atoms with E-state index in [-0.39, 0.29) is 34.5 Å². The highest BCUT2D eigenvalue weighted by molar-refractivity contribution is 14.0. The van der Waals surface area contributed by atoms with Crippen LogP contribution in [0.3, 0.4) is 0 Å². The zero-order chi connectivity index (χ0) is 18.4.